The van der Waals surface area contributed by atoms with Gasteiger partial charge in [-0.3, -0.25) is 4.90 Å². The maximum atomic E-state index is 13.3. The van der Waals surface area contributed by atoms with E-state index in [0.717, 1.165) is 50.3 Å². The third-order valence-corrected chi connectivity index (χ3v) is 6.93. The van der Waals surface area contributed by atoms with Crippen molar-refractivity contribution in [1.82, 2.24) is 25.0 Å². The Morgan fingerprint density at radius 2 is 2.09 bits per heavy atom. The van der Waals surface area contributed by atoms with Crippen molar-refractivity contribution in [3.05, 3.63) is 82.3 Å². The number of nitrogens with zero attached hydrogens (tertiary/aromatic N) is 5. The highest BCUT2D eigenvalue weighted by Crippen LogP contribution is 2.36. The number of nitriles is 1. The lowest BCUT2D eigenvalue weighted by Crippen LogP contribution is -2.45. The summed E-state index contributed by atoms with van der Waals surface area (Å²) in [6.45, 7) is 9.52. The molecule has 9 heteroatoms. The van der Waals surface area contributed by atoms with Gasteiger partial charge in [0.25, 0.3) is 0 Å². The first kappa shape index (κ1) is 23.3. The van der Waals surface area contributed by atoms with Crippen molar-refractivity contribution in [2.75, 3.05) is 19.6 Å². The maximum absolute atomic E-state index is 13.3. The van der Waals surface area contributed by atoms with E-state index in [0.29, 0.717) is 6.54 Å². The summed E-state index contributed by atoms with van der Waals surface area (Å²) in [6.07, 6.45) is 1.70. The van der Waals surface area contributed by atoms with Gasteiger partial charge >= 0.3 is 6.18 Å². The summed E-state index contributed by atoms with van der Waals surface area (Å²) in [7, 11) is 0. The van der Waals surface area contributed by atoms with Gasteiger partial charge in [-0.2, -0.15) is 23.5 Å². The van der Waals surface area contributed by atoms with Crippen LogP contribution in [0.25, 0.3) is 11.4 Å². The molecule has 1 aliphatic carbocycles. The second kappa shape index (κ2) is 8.95. The molecule has 2 aliphatic rings. The predicted octanol–water partition coefficient (Wildman–Crippen LogP) is 4.57. The zero-order valence-electron chi connectivity index (χ0n) is 19.4. The Bertz CT molecular complexity index is 1330. The van der Waals surface area contributed by atoms with Crippen LogP contribution in [0.3, 0.4) is 0 Å². The first-order valence-corrected chi connectivity index (χ1v) is 11.5. The van der Waals surface area contributed by atoms with Crippen LogP contribution in [0.5, 0.6) is 0 Å². The van der Waals surface area contributed by atoms with Crippen LogP contribution in [0.4, 0.5) is 13.2 Å². The number of halogens is 3. The zero-order chi connectivity index (χ0) is 24.7. The highest BCUT2D eigenvalue weighted by Gasteiger charge is 2.34. The number of rotatable bonds is 4. The molecule has 0 amide bonds. The minimum Gasteiger partial charge on any atom is -0.308 e. The molecule has 180 valence electrons. The van der Waals surface area contributed by atoms with E-state index in [1.165, 1.54) is 32.5 Å². The standard InChI is InChI=1S/C26H25F3N6/c1-16-3-4-21-17(2)22(6-5-20(16)21)24-15-34(8-7-31-24)13-18-11-33-35(14-18)25-9-23(26(27,28)29)19(10-30)12-32-25/h5-6,9,11-12,14,24,31H,1,3-4,7-8,13,15H2,2H3/t24-/m0/s1. The van der Waals surface area contributed by atoms with Gasteiger partial charge in [-0.05, 0) is 53.7 Å². The summed E-state index contributed by atoms with van der Waals surface area (Å²) in [4.78, 5) is 6.32. The van der Waals surface area contributed by atoms with Gasteiger partial charge in [-0.25, -0.2) is 9.67 Å². The molecule has 0 bridgehead atoms. The maximum Gasteiger partial charge on any atom is 0.417 e. The van der Waals surface area contributed by atoms with E-state index in [9.17, 15) is 13.2 Å². The first-order chi connectivity index (χ1) is 16.7. The Morgan fingerprint density at radius 1 is 1.26 bits per heavy atom. The summed E-state index contributed by atoms with van der Waals surface area (Å²) >= 11 is 0. The van der Waals surface area contributed by atoms with Crippen molar-refractivity contribution in [2.24, 2.45) is 0 Å². The van der Waals surface area contributed by atoms with E-state index < -0.39 is 17.3 Å². The highest BCUT2D eigenvalue weighted by atomic mass is 19.4. The van der Waals surface area contributed by atoms with Crippen LogP contribution in [0, 0.1) is 18.3 Å². The molecule has 3 heterocycles. The molecule has 5 rings (SSSR count). The summed E-state index contributed by atoms with van der Waals surface area (Å²) in [5.74, 6) is 0.0242. The van der Waals surface area contributed by atoms with Gasteiger partial charge in [0.05, 0.1) is 17.3 Å². The molecule has 3 aromatic rings. The number of piperazine rings is 1. The first-order valence-electron chi connectivity index (χ1n) is 11.5. The van der Waals surface area contributed by atoms with Gasteiger partial charge in [0.1, 0.15) is 6.07 Å². The normalized spacial score (nSPS) is 18.5. The Balaban J connectivity index is 1.32. The second-order valence-corrected chi connectivity index (χ2v) is 9.14. The van der Waals surface area contributed by atoms with E-state index >= 15 is 0 Å². The van der Waals surface area contributed by atoms with E-state index in [-0.39, 0.29) is 11.9 Å². The predicted molar refractivity (Wildman–Crippen MR) is 126 cm³/mol. The monoisotopic (exact) mass is 478 g/mol. The number of hydrogen-bond donors (Lipinski definition) is 1. The van der Waals surface area contributed by atoms with Crippen LogP contribution in [0.1, 0.15) is 51.4 Å². The third kappa shape index (κ3) is 4.47. The van der Waals surface area contributed by atoms with E-state index in [1.807, 2.05) is 0 Å². The van der Waals surface area contributed by atoms with Gasteiger partial charge < -0.3 is 5.32 Å². The van der Waals surface area contributed by atoms with Crippen LogP contribution in [0.2, 0.25) is 0 Å². The van der Waals surface area contributed by atoms with Gasteiger partial charge in [-0.1, -0.05) is 18.7 Å². The summed E-state index contributed by atoms with van der Waals surface area (Å²) in [6, 6.07) is 7.01. The van der Waals surface area contributed by atoms with Crippen molar-refractivity contribution in [2.45, 2.75) is 38.5 Å². The Kier molecular flexibility index (Phi) is 5.95. The molecule has 35 heavy (non-hydrogen) atoms. The lowest BCUT2D eigenvalue weighted by molar-refractivity contribution is -0.137. The molecule has 2 aromatic heterocycles. The summed E-state index contributed by atoms with van der Waals surface area (Å²) < 4.78 is 41.3. The average molecular weight is 479 g/mol. The smallest absolute Gasteiger partial charge is 0.308 e. The van der Waals surface area contributed by atoms with Crippen molar-refractivity contribution in [3.63, 3.8) is 0 Å². The van der Waals surface area contributed by atoms with Crippen LogP contribution >= 0.6 is 0 Å². The van der Waals surface area contributed by atoms with Gasteiger partial charge in [0, 0.05) is 50.2 Å². The Morgan fingerprint density at radius 3 is 2.86 bits per heavy atom. The fourth-order valence-corrected chi connectivity index (χ4v) is 5.10. The van der Waals surface area contributed by atoms with E-state index in [1.54, 1.807) is 18.5 Å². The minimum absolute atomic E-state index is 0.0242. The molecule has 1 N–H and O–H groups in total. The molecule has 1 fully saturated rings. The average Bonchev–Trinajstić information content (AvgIpc) is 3.46. The second-order valence-electron chi connectivity index (χ2n) is 9.14. The number of fused-ring (bicyclic) bond motifs is 1. The molecule has 1 saturated heterocycles. The molecule has 1 aromatic carbocycles. The molecule has 0 unspecified atom stereocenters. The van der Waals surface area contributed by atoms with Crippen molar-refractivity contribution < 1.29 is 13.2 Å². The SMILES string of the molecule is C=C1CCc2c1ccc([C@@H]1CN(Cc3cnn(-c4cc(C(F)(F)F)c(C#N)cn4)c3)CCN1)c2C. The Hall–Kier alpha value is -3.48. The lowest BCUT2D eigenvalue weighted by atomic mass is 9.92. The molecular weight excluding hydrogens is 453 g/mol. The number of pyridine rings is 1. The fourth-order valence-electron chi connectivity index (χ4n) is 5.10. The number of hydrogen-bond acceptors (Lipinski definition) is 5. The topological polar surface area (TPSA) is 69.8 Å². The van der Waals surface area contributed by atoms with Gasteiger partial charge in [0.15, 0.2) is 5.82 Å². The zero-order valence-corrected chi connectivity index (χ0v) is 19.4. The van der Waals surface area contributed by atoms with E-state index in [4.69, 9.17) is 5.26 Å². The molecule has 1 atom stereocenters. The lowest BCUT2D eigenvalue weighted by Gasteiger charge is -2.34. The number of alkyl halides is 3. The van der Waals surface area contributed by atoms with Gasteiger partial charge in [-0.15, -0.1) is 0 Å². The number of benzene rings is 1. The molecule has 0 spiro atoms. The molecule has 0 saturated carbocycles. The largest absolute Gasteiger partial charge is 0.417 e. The summed E-state index contributed by atoms with van der Waals surface area (Å²) in [5, 5.41) is 16.8. The van der Waals surface area contributed by atoms with Crippen LogP contribution < -0.4 is 5.32 Å². The van der Waals surface area contributed by atoms with E-state index in [2.05, 4.69) is 45.9 Å². The highest BCUT2D eigenvalue weighted by molar-refractivity contribution is 5.72. The summed E-state index contributed by atoms with van der Waals surface area (Å²) in [5.41, 5.74) is 5.90. The van der Waals surface area contributed by atoms with Crippen molar-refractivity contribution >= 4 is 5.57 Å². The number of aromatic nitrogens is 3. The third-order valence-electron chi connectivity index (χ3n) is 6.93. The fraction of sp³-hybridized carbons (Fsp3) is 0.346. The molecule has 0 radical (unpaired) electrons. The number of nitrogens with one attached hydrogen (secondary N) is 1. The quantitative estimate of drug-likeness (QED) is 0.595. The van der Waals surface area contributed by atoms with Gasteiger partial charge in [0.2, 0.25) is 0 Å². The molecule has 6 nitrogen and oxygen atoms in total. The minimum atomic E-state index is -4.64. The molecular formula is C26H25F3N6. The number of allylic oxidation sites excluding steroid dienone is 1. The van der Waals surface area contributed by atoms with Crippen molar-refractivity contribution in [1.29, 1.82) is 5.26 Å². The van der Waals surface area contributed by atoms with Crippen LogP contribution in [-0.2, 0) is 19.1 Å². The Labute approximate surface area is 201 Å². The van der Waals surface area contributed by atoms with Crippen LogP contribution in [-0.4, -0.2) is 39.3 Å². The molecule has 1 aliphatic heterocycles. The van der Waals surface area contributed by atoms with Crippen molar-refractivity contribution in [3.8, 4) is 11.9 Å². The van der Waals surface area contributed by atoms with Crippen LogP contribution in [0.15, 0.2) is 43.4 Å².